The second kappa shape index (κ2) is 7.89. The summed E-state index contributed by atoms with van der Waals surface area (Å²) in [7, 11) is 0. The predicted octanol–water partition coefficient (Wildman–Crippen LogP) is 4.77. The number of hydrogen-bond donors (Lipinski definition) is 1. The Balaban J connectivity index is 1.56. The lowest BCUT2D eigenvalue weighted by molar-refractivity contribution is 0.209. The SMILES string of the molecule is Fc1ccccc1C(c1cn[nH]c1)N1CCN(c2cc(Cl)cc(Cl)c2)CC1. The zero-order chi connectivity index (χ0) is 18.8. The van der Waals surface area contributed by atoms with Gasteiger partial charge in [-0.25, -0.2) is 4.39 Å². The Hall–Kier alpha value is -2.08. The largest absolute Gasteiger partial charge is 0.369 e. The first-order chi connectivity index (χ1) is 13.1. The molecule has 3 aromatic rings. The zero-order valence-corrected chi connectivity index (χ0v) is 16.1. The third kappa shape index (κ3) is 3.95. The fourth-order valence-corrected chi connectivity index (χ4v) is 4.17. The quantitative estimate of drug-likeness (QED) is 0.680. The van der Waals surface area contributed by atoms with Crippen LogP contribution < -0.4 is 4.90 Å². The highest BCUT2D eigenvalue weighted by molar-refractivity contribution is 6.35. The van der Waals surface area contributed by atoms with Gasteiger partial charge >= 0.3 is 0 Å². The topological polar surface area (TPSA) is 35.2 Å². The highest BCUT2D eigenvalue weighted by Crippen LogP contribution is 2.32. The van der Waals surface area contributed by atoms with Gasteiger partial charge in [0.05, 0.1) is 12.2 Å². The number of aromatic amines is 1. The Bertz CT molecular complexity index is 888. The number of H-pyrrole nitrogens is 1. The van der Waals surface area contributed by atoms with E-state index in [2.05, 4.69) is 20.0 Å². The van der Waals surface area contributed by atoms with Gasteiger partial charge in [0.15, 0.2) is 0 Å². The molecule has 0 bridgehead atoms. The number of aromatic nitrogens is 2. The van der Waals surface area contributed by atoms with Gasteiger partial charge < -0.3 is 4.90 Å². The molecule has 1 atom stereocenters. The number of nitrogens with one attached hydrogen (secondary N) is 1. The van der Waals surface area contributed by atoms with Crippen molar-refractivity contribution < 1.29 is 4.39 Å². The first kappa shape index (κ1) is 18.3. The van der Waals surface area contributed by atoms with Crippen molar-refractivity contribution in [2.75, 3.05) is 31.1 Å². The van der Waals surface area contributed by atoms with E-state index in [4.69, 9.17) is 23.2 Å². The zero-order valence-electron chi connectivity index (χ0n) is 14.6. The molecule has 2 aromatic carbocycles. The summed E-state index contributed by atoms with van der Waals surface area (Å²) in [5, 5.41) is 8.16. The molecule has 2 heterocycles. The lowest BCUT2D eigenvalue weighted by atomic mass is 9.98. The molecule has 27 heavy (non-hydrogen) atoms. The third-order valence-corrected chi connectivity index (χ3v) is 5.36. The molecule has 1 unspecified atom stereocenters. The number of halogens is 3. The molecule has 1 aliphatic heterocycles. The minimum atomic E-state index is -0.201. The summed E-state index contributed by atoms with van der Waals surface area (Å²) in [6, 6.07) is 12.3. The molecule has 0 radical (unpaired) electrons. The minimum Gasteiger partial charge on any atom is -0.369 e. The molecule has 1 fully saturated rings. The summed E-state index contributed by atoms with van der Waals surface area (Å²) in [5.41, 5.74) is 2.63. The van der Waals surface area contributed by atoms with E-state index in [0.29, 0.717) is 15.6 Å². The van der Waals surface area contributed by atoms with Gasteiger partial charge in [0.25, 0.3) is 0 Å². The van der Waals surface area contributed by atoms with Crippen molar-refractivity contribution in [1.29, 1.82) is 0 Å². The minimum absolute atomic E-state index is 0.171. The second-order valence-electron chi connectivity index (χ2n) is 6.61. The van der Waals surface area contributed by atoms with Crippen molar-refractivity contribution in [2.24, 2.45) is 0 Å². The van der Waals surface area contributed by atoms with Gasteiger partial charge in [-0.05, 0) is 24.3 Å². The molecule has 1 saturated heterocycles. The standard InChI is InChI=1S/C20H19Cl2FN4/c21-15-9-16(22)11-17(10-15)26-5-7-27(8-6-26)20(14-12-24-25-13-14)18-3-1-2-4-19(18)23/h1-4,9-13,20H,5-8H2,(H,24,25). The van der Waals surface area contributed by atoms with E-state index in [1.54, 1.807) is 18.3 Å². The normalized spacial score (nSPS) is 16.5. The monoisotopic (exact) mass is 404 g/mol. The first-order valence-electron chi connectivity index (χ1n) is 8.80. The molecule has 1 aromatic heterocycles. The van der Waals surface area contributed by atoms with Crippen molar-refractivity contribution in [3.63, 3.8) is 0 Å². The maximum absolute atomic E-state index is 14.5. The predicted molar refractivity (Wildman–Crippen MR) is 107 cm³/mol. The number of piperazine rings is 1. The van der Waals surface area contributed by atoms with Crippen molar-refractivity contribution in [3.05, 3.63) is 81.8 Å². The average Bonchev–Trinajstić information content (AvgIpc) is 3.18. The van der Waals surface area contributed by atoms with Gasteiger partial charge in [0.2, 0.25) is 0 Å². The molecule has 0 spiro atoms. The van der Waals surface area contributed by atoms with Crippen LogP contribution >= 0.6 is 23.2 Å². The van der Waals surface area contributed by atoms with Crippen LogP contribution in [0.25, 0.3) is 0 Å². The van der Waals surface area contributed by atoms with E-state index < -0.39 is 0 Å². The maximum Gasteiger partial charge on any atom is 0.128 e. The van der Waals surface area contributed by atoms with Gasteiger partial charge in [-0.1, -0.05) is 41.4 Å². The van der Waals surface area contributed by atoms with Crippen molar-refractivity contribution in [2.45, 2.75) is 6.04 Å². The smallest absolute Gasteiger partial charge is 0.128 e. The molecule has 140 valence electrons. The maximum atomic E-state index is 14.5. The summed E-state index contributed by atoms with van der Waals surface area (Å²) < 4.78 is 14.5. The van der Waals surface area contributed by atoms with Crippen LogP contribution in [0.15, 0.2) is 54.9 Å². The van der Waals surface area contributed by atoms with Crippen LogP contribution in [0.3, 0.4) is 0 Å². The van der Waals surface area contributed by atoms with E-state index in [9.17, 15) is 4.39 Å². The molecule has 0 saturated carbocycles. The Labute approximate surface area is 167 Å². The van der Waals surface area contributed by atoms with Crippen molar-refractivity contribution >= 4 is 28.9 Å². The molecule has 0 amide bonds. The molecule has 1 aliphatic rings. The summed E-state index contributed by atoms with van der Waals surface area (Å²) in [6.45, 7) is 3.18. The van der Waals surface area contributed by atoms with Crippen LogP contribution in [-0.4, -0.2) is 41.3 Å². The first-order valence-corrected chi connectivity index (χ1v) is 9.55. The third-order valence-electron chi connectivity index (χ3n) is 4.93. The van der Waals surface area contributed by atoms with Gasteiger partial charge in [-0.2, -0.15) is 5.10 Å². The molecule has 1 N–H and O–H groups in total. The molecular weight excluding hydrogens is 386 g/mol. The Morgan fingerprint density at radius 1 is 1.00 bits per heavy atom. The van der Waals surface area contributed by atoms with E-state index in [-0.39, 0.29) is 11.9 Å². The summed E-state index contributed by atoms with van der Waals surface area (Å²) in [6.07, 6.45) is 3.60. The number of benzene rings is 2. The Kier molecular flexibility index (Phi) is 5.34. The second-order valence-corrected chi connectivity index (χ2v) is 7.48. The number of hydrogen-bond acceptors (Lipinski definition) is 3. The highest BCUT2D eigenvalue weighted by atomic mass is 35.5. The van der Waals surface area contributed by atoms with Gasteiger partial charge in [0.1, 0.15) is 5.82 Å². The molecule has 4 rings (SSSR count). The molecule has 7 heteroatoms. The van der Waals surface area contributed by atoms with Crippen LogP contribution in [-0.2, 0) is 0 Å². The lowest BCUT2D eigenvalue weighted by Gasteiger charge is -2.40. The fourth-order valence-electron chi connectivity index (χ4n) is 3.65. The van der Waals surface area contributed by atoms with E-state index >= 15 is 0 Å². The van der Waals surface area contributed by atoms with Crippen molar-refractivity contribution in [1.82, 2.24) is 15.1 Å². The summed E-state index contributed by atoms with van der Waals surface area (Å²) in [4.78, 5) is 4.54. The molecule has 4 nitrogen and oxygen atoms in total. The lowest BCUT2D eigenvalue weighted by Crippen LogP contribution is -2.48. The van der Waals surface area contributed by atoms with Crippen LogP contribution in [0.4, 0.5) is 10.1 Å². The van der Waals surface area contributed by atoms with E-state index in [1.807, 2.05) is 30.5 Å². The van der Waals surface area contributed by atoms with E-state index in [1.165, 1.54) is 6.07 Å². The molecular formula is C20H19Cl2FN4. The van der Waals surface area contributed by atoms with Crippen LogP contribution in [0.1, 0.15) is 17.2 Å². The Morgan fingerprint density at radius 3 is 2.33 bits per heavy atom. The number of nitrogens with zero attached hydrogens (tertiary/aromatic N) is 3. The Morgan fingerprint density at radius 2 is 1.70 bits per heavy atom. The number of anilines is 1. The van der Waals surface area contributed by atoms with Gasteiger partial charge in [0, 0.05) is 59.2 Å². The average molecular weight is 405 g/mol. The fraction of sp³-hybridized carbons (Fsp3) is 0.250. The van der Waals surface area contributed by atoms with Gasteiger partial charge in [-0.15, -0.1) is 0 Å². The van der Waals surface area contributed by atoms with Gasteiger partial charge in [-0.3, -0.25) is 10.00 Å². The molecule has 0 aliphatic carbocycles. The van der Waals surface area contributed by atoms with Crippen LogP contribution in [0.5, 0.6) is 0 Å². The van der Waals surface area contributed by atoms with Crippen LogP contribution in [0, 0.1) is 5.82 Å². The van der Waals surface area contributed by atoms with Crippen molar-refractivity contribution in [3.8, 4) is 0 Å². The van der Waals surface area contributed by atoms with E-state index in [0.717, 1.165) is 37.4 Å². The highest BCUT2D eigenvalue weighted by Gasteiger charge is 2.29. The summed E-state index contributed by atoms with van der Waals surface area (Å²) >= 11 is 12.3. The number of rotatable bonds is 4. The summed E-state index contributed by atoms with van der Waals surface area (Å²) in [5.74, 6) is -0.201. The van der Waals surface area contributed by atoms with Crippen LogP contribution in [0.2, 0.25) is 10.0 Å².